The van der Waals surface area contributed by atoms with E-state index in [1.54, 1.807) is 0 Å². The molecule has 0 aromatic rings. The number of hydrazone groups is 1. The molecule has 2 atom stereocenters. The maximum atomic E-state index is 11.8. The molecule has 4 nitrogen and oxygen atoms in total. The van der Waals surface area contributed by atoms with Crippen LogP contribution >= 0.6 is 0 Å². The summed E-state index contributed by atoms with van der Waals surface area (Å²) in [6.07, 6.45) is 3.61. The number of carbonyl (C=O) groups excluding carboxylic acids is 1. The van der Waals surface area contributed by atoms with E-state index in [1.807, 2.05) is 0 Å². The van der Waals surface area contributed by atoms with Crippen molar-refractivity contribution in [2.45, 2.75) is 58.1 Å². The van der Waals surface area contributed by atoms with Crippen molar-refractivity contribution in [1.82, 2.24) is 5.01 Å². The summed E-state index contributed by atoms with van der Waals surface area (Å²) in [6.45, 7) is 4.25. The molecule has 2 unspecified atom stereocenters. The second-order valence-electron chi connectivity index (χ2n) is 5.24. The minimum Gasteiger partial charge on any atom is -0.391 e. The zero-order valence-electron chi connectivity index (χ0n) is 10.0. The normalized spacial score (nSPS) is 30.4. The van der Waals surface area contributed by atoms with Crippen LogP contribution in [0.3, 0.4) is 0 Å². The van der Waals surface area contributed by atoms with Crippen LogP contribution in [0.5, 0.6) is 0 Å². The molecule has 1 aliphatic heterocycles. The molecule has 0 radical (unpaired) electrons. The summed E-state index contributed by atoms with van der Waals surface area (Å²) in [6, 6.07) is -0.0721. The summed E-state index contributed by atoms with van der Waals surface area (Å²) in [5, 5.41) is 15.7. The van der Waals surface area contributed by atoms with Gasteiger partial charge in [-0.05, 0) is 31.6 Å². The van der Waals surface area contributed by atoms with Crippen LogP contribution in [-0.2, 0) is 4.79 Å². The number of nitrogens with zero attached hydrogens (tertiary/aromatic N) is 2. The molecule has 2 aliphatic rings. The molecule has 1 saturated carbocycles. The number of amides is 1. The fourth-order valence-corrected chi connectivity index (χ4v) is 2.55. The summed E-state index contributed by atoms with van der Waals surface area (Å²) in [4.78, 5) is 11.8. The molecular weight excluding hydrogens is 204 g/mol. The van der Waals surface area contributed by atoms with Crippen molar-refractivity contribution in [2.24, 2.45) is 11.0 Å². The average Bonchev–Trinajstić information content (AvgIpc) is 2.71. The first-order chi connectivity index (χ1) is 7.58. The first-order valence-corrected chi connectivity index (χ1v) is 6.14. The molecule has 0 bridgehead atoms. The highest BCUT2D eigenvalue weighted by Crippen LogP contribution is 2.28. The molecule has 2 rings (SSSR count). The summed E-state index contributed by atoms with van der Waals surface area (Å²) in [7, 11) is 0. The molecule has 0 aromatic carbocycles. The van der Waals surface area contributed by atoms with E-state index in [0.29, 0.717) is 12.3 Å². The Kier molecular flexibility index (Phi) is 3.28. The van der Waals surface area contributed by atoms with Crippen molar-refractivity contribution in [1.29, 1.82) is 0 Å². The Labute approximate surface area is 96.3 Å². The van der Waals surface area contributed by atoms with Gasteiger partial charge in [0.2, 0.25) is 5.91 Å². The molecule has 90 valence electrons. The van der Waals surface area contributed by atoms with Crippen LogP contribution < -0.4 is 0 Å². The highest BCUT2D eigenvalue weighted by Gasteiger charge is 2.37. The zero-order valence-corrected chi connectivity index (χ0v) is 10.0. The highest BCUT2D eigenvalue weighted by molar-refractivity contribution is 6.05. The molecule has 1 fully saturated rings. The van der Waals surface area contributed by atoms with E-state index in [0.717, 1.165) is 31.4 Å². The van der Waals surface area contributed by atoms with E-state index in [4.69, 9.17) is 0 Å². The van der Waals surface area contributed by atoms with Crippen molar-refractivity contribution in [3.63, 3.8) is 0 Å². The van der Waals surface area contributed by atoms with Gasteiger partial charge in [-0.25, -0.2) is 5.01 Å². The van der Waals surface area contributed by atoms with Crippen molar-refractivity contribution in [3.05, 3.63) is 0 Å². The van der Waals surface area contributed by atoms with Gasteiger partial charge in [0.05, 0.1) is 18.6 Å². The molecule has 0 spiro atoms. The SMILES string of the molecule is CC(C)CC1=NN(C2CCCC2O)C(=O)C1. The van der Waals surface area contributed by atoms with E-state index in [2.05, 4.69) is 18.9 Å². The maximum Gasteiger partial charge on any atom is 0.248 e. The third-order valence-corrected chi connectivity index (χ3v) is 3.26. The number of aliphatic hydroxyl groups is 1. The summed E-state index contributed by atoms with van der Waals surface area (Å²) < 4.78 is 0. The Hall–Kier alpha value is -0.900. The van der Waals surface area contributed by atoms with Gasteiger partial charge in [0.1, 0.15) is 0 Å². The van der Waals surface area contributed by atoms with Gasteiger partial charge < -0.3 is 5.11 Å². The van der Waals surface area contributed by atoms with E-state index >= 15 is 0 Å². The molecule has 0 aromatic heterocycles. The largest absolute Gasteiger partial charge is 0.391 e. The number of aliphatic hydroxyl groups excluding tert-OH is 1. The molecule has 1 aliphatic carbocycles. The lowest BCUT2D eigenvalue weighted by Gasteiger charge is -2.22. The first-order valence-electron chi connectivity index (χ1n) is 6.14. The number of hydrogen-bond donors (Lipinski definition) is 1. The molecular formula is C12H20N2O2. The third kappa shape index (κ3) is 2.26. The Morgan fingerprint density at radius 1 is 1.50 bits per heavy atom. The van der Waals surface area contributed by atoms with Crippen LogP contribution in [0.1, 0.15) is 46.0 Å². The lowest BCUT2D eigenvalue weighted by Crippen LogP contribution is -2.38. The monoisotopic (exact) mass is 224 g/mol. The molecule has 1 heterocycles. The van der Waals surface area contributed by atoms with Crippen molar-refractivity contribution < 1.29 is 9.90 Å². The Balaban J connectivity index is 2.04. The van der Waals surface area contributed by atoms with Gasteiger partial charge in [0.15, 0.2) is 0 Å². The van der Waals surface area contributed by atoms with Crippen LogP contribution in [0.4, 0.5) is 0 Å². The van der Waals surface area contributed by atoms with Gasteiger partial charge in [0, 0.05) is 5.71 Å². The second-order valence-corrected chi connectivity index (χ2v) is 5.24. The standard InChI is InChI=1S/C12H20N2O2/c1-8(2)6-9-7-12(16)14(13-9)10-4-3-5-11(10)15/h8,10-11,15H,3-7H2,1-2H3. The van der Waals surface area contributed by atoms with Gasteiger partial charge in [-0.2, -0.15) is 5.10 Å². The predicted molar refractivity (Wildman–Crippen MR) is 62.0 cm³/mol. The lowest BCUT2D eigenvalue weighted by molar-refractivity contribution is -0.132. The minimum atomic E-state index is -0.383. The fraction of sp³-hybridized carbons (Fsp3) is 0.833. The van der Waals surface area contributed by atoms with Crippen LogP contribution in [0.15, 0.2) is 5.10 Å². The lowest BCUT2D eigenvalue weighted by atomic mass is 10.1. The number of hydrogen-bond acceptors (Lipinski definition) is 3. The van der Waals surface area contributed by atoms with E-state index in [1.165, 1.54) is 5.01 Å². The topological polar surface area (TPSA) is 52.9 Å². The Bertz CT molecular complexity index is 312. The van der Waals surface area contributed by atoms with Crippen LogP contribution in [0.2, 0.25) is 0 Å². The summed E-state index contributed by atoms with van der Waals surface area (Å²) >= 11 is 0. The van der Waals surface area contributed by atoms with Crippen molar-refractivity contribution in [3.8, 4) is 0 Å². The van der Waals surface area contributed by atoms with Crippen LogP contribution in [0, 0.1) is 5.92 Å². The quantitative estimate of drug-likeness (QED) is 0.790. The summed E-state index contributed by atoms with van der Waals surface area (Å²) in [5.41, 5.74) is 0.971. The van der Waals surface area contributed by atoms with E-state index in [-0.39, 0.29) is 18.1 Å². The molecule has 1 amide bonds. The zero-order chi connectivity index (χ0) is 11.7. The molecule has 0 saturated heterocycles. The fourth-order valence-electron chi connectivity index (χ4n) is 2.55. The van der Waals surface area contributed by atoms with Crippen LogP contribution in [-0.4, -0.2) is 33.9 Å². The van der Waals surface area contributed by atoms with Gasteiger partial charge in [-0.3, -0.25) is 4.79 Å². The van der Waals surface area contributed by atoms with E-state index in [9.17, 15) is 9.90 Å². The molecule has 1 N–H and O–H groups in total. The highest BCUT2D eigenvalue weighted by atomic mass is 16.3. The number of rotatable bonds is 3. The van der Waals surface area contributed by atoms with Crippen molar-refractivity contribution in [2.75, 3.05) is 0 Å². The second kappa shape index (κ2) is 4.53. The van der Waals surface area contributed by atoms with Gasteiger partial charge in [-0.15, -0.1) is 0 Å². The molecule has 4 heteroatoms. The van der Waals surface area contributed by atoms with Crippen LogP contribution in [0.25, 0.3) is 0 Å². The number of carbonyl (C=O) groups is 1. The first kappa shape index (κ1) is 11.6. The maximum absolute atomic E-state index is 11.8. The smallest absolute Gasteiger partial charge is 0.248 e. The van der Waals surface area contributed by atoms with Gasteiger partial charge >= 0.3 is 0 Å². The Morgan fingerprint density at radius 3 is 2.81 bits per heavy atom. The third-order valence-electron chi connectivity index (χ3n) is 3.26. The average molecular weight is 224 g/mol. The van der Waals surface area contributed by atoms with Gasteiger partial charge in [-0.1, -0.05) is 13.8 Å². The summed E-state index contributed by atoms with van der Waals surface area (Å²) in [5.74, 6) is 0.585. The molecule has 16 heavy (non-hydrogen) atoms. The Morgan fingerprint density at radius 2 is 2.25 bits per heavy atom. The van der Waals surface area contributed by atoms with Crippen molar-refractivity contribution >= 4 is 11.6 Å². The van der Waals surface area contributed by atoms with Gasteiger partial charge in [0.25, 0.3) is 0 Å². The predicted octanol–water partition coefficient (Wildman–Crippen LogP) is 1.53. The van der Waals surface area contributed by atoms with E-state index < -0.39 is 0 Å². The minimum absolute atomic E-state index is 0.0570.